The van der Waals surface area contributed by atoms with Crippen molar-refractivity contribution < 1.29 is 26.4 Å². The summed E-state index contributed by atoms with van der Waals surface area (Å²) >= 11 is 0. The van der Waals surface area contributed by atoms with Crippen LogP contribution in [-0.2, 0) is 27.4 Å². The lowest BCUT2D eigenvalue weighted by atomic mass is 10.1. The summed E-state index contributed by atoms with van der Waals surface area (Å²) in [6, 6.07) is 18.4. The third-order valence-electron chi connectivity index (χ3n) is 4.10. The molecule has 0 atom stereocenters. The molecule has 3 aromatic rings. The lowest BCUT2D eigenvalue weighted by Crippen LogP contribution is -2.15. The number of halogens is 3. The number of hydrogen-bond donors (Lipinski definition) is 2. The SMILES string of the molecule is O=C(Cc1ccccc1)Nc1ccc(S(=O)(=O)Nc2cccc(C(F)(F)F)c2)cc1. The minimum absolute atomic E-state index is 0.152. The van der Waals surface area contributed by atoms with Gasteiger partial charge in [0, 0.05) is 11.4 Å². The highest BCUT2D eigenvalue weighted by molar-refractivity contribution is 7.92. The average Bonchev–Trinajstić information content (AvgIpc) is 2.68. The van der Waals surface area contributed by atoms with Crippen LogP contribution in [0.25, 0.3) is 0 Å². The monoisotopic (exact) mass is 434 g/mol. The van der Waals surface area contributed by atoms with E-state index in [0.717, 1.165) is 23.8 Å². The number of sulfonamides is 1. The van der Waals surface area contributed by atoms with Gasteiger partial charge in [0.15, 0.2) is 0 Å². The van der Waals surface area contributed by atoms with Crippen molar-refractivity contribution in [2.75, 3.05) is 10.0 Å². The van der Waals surface area contributed by atoms with E-state index in [9.17, 15) is 26.4 Å². The van der Waals surface area contributed by atoms with Gasteiger partial charge in [0.1, 0.15) is 0 Å². The lowest BCUT2D eigenvalue weighted by Gasteiger charge is -2.12. The Bertz CT molecular complexity index is 1130. The van der Waals surface area contributed by atoms with Gasteiger partial charge in [-0.05, 0) is 48.0 Å². The largest absolute Gasteiger partial charge is 0.416 e. The van der Waals surface area contributed by atoms with E-state index in [2.05, 4.69) is 10.0 Å². The number of carbonyl (C=O) groups is 1. The fourth-order valence-electron chi connectivity index (χ4n) is 2.68. The minimum Gasteiger partial charge on any atom is -0.326 e. The number of benzene rings is 3. The molecule has 0 heterocycles. The molecular formula is C21H17F3N2O3S. The van der Waals surface area contributed by atoms with Crippen LogP contribution >= 0.6 is 0 Å². The Morgan fingerprint density at radius 1 is 0.833 bits per heavy atom. The van der Waals surface area contributed by atoms with Gasteiger partial charge in [-0.25, -0.2) is 8.42 Å². The fourth-order valence-corrected chi connectivity index (χ4v) is 3.73. The first-order chi connectivity index (χ1) is 14.1. The summed E-state index contributed by atoms with van der Waals surface area (Å²) in [4.78, 5) is 11.9. The van der Waals surface area contributed by atoms with Gasteiger partial charge in [-0.3, -0.25) is 9.52 Å². The van der Waals surface area contributed by atoms with Crippen LogP contribution in [-0.4, -0.2) is 14.3 Å². The van der Waals surface area contributed by atoms with Crippen molar-refractivity contribution in [3.8, 4) is 0 Å². The number of amides is 1. The van der Waals surface area contributed by atoms with Gasteiger partial charge in [-0.15, -0.1) is 0 Å². The van der Waals surface area contributed by atoms with Crippen LogP contribution in [0, 0.1) is 0 Å². The molecule has 0 unspecified atom stereocenters. The summed E-state index contributed by atoms with van der Waals surface area (Å²) in [5.74, 6) is -0.265. The van der Waals surface area contributed by atoms with E-state index in [1.165, 1.54) is 30.3 Å². The molecule has 0 spiro atoms. The summed E-state index contributed by atoms with van der Waals surface area (Å²) in [6.07, 6.45) is -4.42. The number of rotatable bonds is 6. The van der Waals surface area contributed by atoms with Crippen molar-refractivity contribution in [3.05, 3.63) is 90.0 Å². The summed E-state index contributed by atoms with van der Waals surface area (Å²) in [5, 5.41) is 2.66. The Kier molecular flexibility index (Phi) is 6.12. The highest BCUT2D eigenvalue weighted by Gasteiger charge is 2.30. The van der Waals surface area contributed by atoms with Crippen LogP contribution < -0.4 is 10.0 Å². The highest BCUT2D eigenvalue weighted by Crippen LogP contribution is 2.31. The predicted octanol–water partition coefficient (Wildman–Crippen LogP) is 4.69. The third-order valence-corrected chi connectivity index (χ3v) is 5.50. The molecule has 0 saturated heterocycles. The zero-order chi connectivity index (χ0) is 21.8. The molecule has 0 saturated carbocycles. The summed E-state index contributed by atoms with van der Waals surface area (Å²) in [6.45, 7) is 0. The van der Waals surface area contributed by atoms with Crippen LogP contribution in [0.4, 0.5) is 24.5 Å². The number of hydrogen-bond acceptors (Lipinski definition) is 3. The van der Waals surface area contributed by atoms with E-state index in [-0.39, 0.29) is 22.9 Å². The predicted molar refractivity (Wildman–Crippen MR) is 107 cm³/mol. The standard InChI is InChI=1S/C21H17F3N2O3S/c22-21(23,24)16-7-4-8-18(14-16)26-30(28,29)19-11-9-17(10-12-19)25-20(27)13-15-5-2-1-3-6-15/h1-12,14,26H,13H2,(H,25,27). The molecule has 0 fully saturated rings. The fraction of sp³-hybridized carbons (Fsp3) is 0.0952. The van der Waals surface area contributed by atoms with Crippen LogP contribution in [0.1, 0.15) is 11.1 Å². The van der Waals surface area contributed by atoms with E-state index < -0.39 is 21.8 Å². The molecule has 0 aliphatic heterocycles. The van der Waals surface area contributed by atoms with Crippen molar-refractivity contribution in [2.24, 2.45) is 0 Å². The molecule has 2 N–H and O–H groups in total. The molecule has 1 amide bonds. The van der Waals surface area contributed by atoms with Gasteiger partial charge in [0.25, 0.3) is 10.0 Å². The quantitative estimate of drug-likeness (QED) is 0.591. The molecule has 9 heteroatoms. The molecule has 156 valence electrons. The molecule has 0 radical (unpaired) electrons. The maximum atomic E-state index is 12.8. The molecule has 0 aliphatic carbocycles. The van der Waals surface area contributed by atoms with Gasteiger partial charge in [0.2, 0.25) is 5.91 Å². The van der Waals surface area contributed by atoms with Crippen molar-refractivity contribution in [1.82, 2.24) is 0 Å². The van der Waals surface area contributed by atoms with Crippen LogP contribution in [0.5, 0.6) is 0 Å². The van der Waals surface area contributed by atoms with Crippen LogP contribution in [0.2, 0.25) is 0 Å². The molecule has 5 nitrogen and oxygen atoms in total. The van der Waals surface area contributed by atoms with E-state index in [1.54, 1.807) is 0 Å². The van der Waals surface area contributed by atoms with E-state index >= 15 is 0 Å². The van der Waals surface area contributed by atoms with E-state index in [4.69, 9.17) is 0 Å². The molecule has 0 aromatic heterocycles. The van der Waals surface area contributed by atoms with Crippen molar-refractivity contribution >= 4 is 27.3 Å². The first kappa shape index (κ1) is 21.4. The highest BCUT2D eigenvalue weighted by atomic mass is 32.2. The lowest BCUT2D eigenvalue weighted by molar-refractivity contribution is -0.137. The van der Waals surface area contributed by atoms with Crippen molar-refractivity contribution in [1.29, 1.82) is 0 Å². The molecule has 0 bridgehead atoms. The normalized spacial score (nSPS) is 11.7. The Labute approximate surface area is 171 Å². The Balaban J connectivity index is 1.68. The summed E-state index contributed by atoms with van der Waals surface area (Å²) in [7, 11) is -4.10. The van der Waals surface area contributed by atoms with Crippen molar-refractivity contribution in [2.45, 2.75) is 17.5 Å². The second-order valence-electron chi connectivity index (χ2n) is 6.42. The summed E-state index contributed by atoms with van der Waals surface area (Å²) < 4.78 is 65.4. The maximum absolute atomic E-state index is 12.8. The van der Waals surface area contributed by atoms with Gasteiger partial charge in [-0.1, -0.05) is 36.4 Å². The second kappa shape index (κ2) is 8.58. The molecule has 3 rings (SSSR count). The zero-order valence-corrected chi connectivity index (χ0v) is 16.3. The maximum Gasteiger partial charge on any atom is 0.416 e. The first-order valence-corrected chi connectivity index (χ1v) is 10.3. The zero-order valence-electron chi connectivity index (χ0n) is 15.5. The number of anilines is 2. The number of carbonyl (C=O) groups excluding carboxylic acids is 1. The molecular weight excluding hydrogens is 417 g/mol. The second-order valence-corrected chi connectivity index (χ2v) is 8.10. The number of nitrogens with one attached hydrogen (secondary N) is 2. The van der Waals surface area contributed by atoms with Crippen molar-refractivity contribution in [3.63, 3.8) is 0 Å². The van der Waals surface area contributed by atoms with Crippen LogP contribution in [0.15, 0.2) is 83.8 Å². The number of alkyl halides is 3. The van der Waals surface area contributed by atoms with Gasteiger partial charge < -0.3 is 5.32 Å². The van der Waals surface area contributed by atoms with E-state index in [1.807, 2.05) is 30.3 Å². The Hall–Kier alpha value is -3.33. The van der Waals surface area contributed by atoms with Gasteiger partial charge >= 0.3 is 6.18 Å². The Morgan fingerprint density at radius 2 is 1.50 bits per heavy atom. The topological polar surface area (TPSA) is 75.3 Å². The summed E-state index contributed by atoms with van der Waals surface area (Å²) in [5.41, 5.74) is 0.0673. The average molecular weight is 434 g/mol. The first-order valence-electron chi connectivity index (χ1n) is 8.77. The van der Waals surface area contributed by atoms with Crippen LogP contribution in [0.3, 0.4) is 0 Å². The van der Waals surface area contributed by atoms with Gasteiger partial charge in [-0.2, -0.15) is 13.2 Å². The van der Waals surface area contributed by atoms with E-state index in [0.29, 0.717) is 5.69 Å². The van der Waals surface area contributed by atoms with Gasteiger partial charge in [0.05, 0.1) is 16.9 Å². The smallest absolute Gasteiger partial charge is 0.326 e. The Morgan fingerprint density at radius 3 is 2.13 bits per heavy atom. The minimum atomic E-state index is -4.58. The molecule has 3 aromatic carbocycles. The molecule has 30 heavy (non-hydrogen) atoms. The third kappa shape index (κ3) is 5.60. The molecule has 0 aliphatic rings.